The average molecular weight is 946 g/mol. The molecule has 0 fully saturated rings. The predicted molar refractivity (Wildman–Crippen MR) is 268 cm³/mol. The number of benzene rings is 3. The fraction of sp³-hybridized carbons (Fsp3) is 0.510. The summed E-state index contributed by atoms with van der Waals surface area (Å²) in [5.41, 5.74) is -0.118. The molecule has 354 valence electrons. The summed E-state index contributed by atoms with van der Waals surface area (Å²) in [5.74, 6) is 4.96. The van der Waals surface area contributed by atoms with E-state index in [9.17, 15) is 14.0 Å². The Morgan fingerprint density at radius 3 is 2.00 bits per heavy atom. The molecule has 1 atom stereocenters. The molecule has 65 heavy (non-hydrogen) atoms. The van der Waals surface area contributed by atoms with Gasteiger partial charge in [0, 0.05) is 17.0 Å². The van der Waals surface area contributed by atoms with Crippen LogP contribution in [0.1, 0.15) is 103 Å². The maximum atomic E-state index is 14.9. The highest BCUT2D eigenvalue weighted by atomic mass is 32.1. The SMILES string of the molecule is COC(=O)c1nc(N(CCCC(CO[Si](C)(C)C(C)(C)C)O[Si](c2ccccc2)(c2ccccc2)C(C)(C)C)C(=O)OC(C)(C)C)sc1CCCOc1ccc(C#CCN(C)C)cc1F. The summed E-state index contributed by atoms with van der Waals surface area (Å²) in [6.07, 6.45) is 0.995. The van der Waals surface area contributed by atoms with E-state index in [2.05, 4.69) is 115 Å². The topological polar surface area (TPSA) is 99.7 Å². The van der Waals surface area contributed by atoms with Crippen LogP contribution in [0, 0.1) is 17.7 Å². The van der Waals surface area contributed by atoms with Gasteiger partial charge in [-0.25, -0.2) is 19.0 Å². The van der Waals surface area contributed by atoms with Gasteiger partial charge in [0.05, 0.1) is 33.0 Å². The zero-order valence-corrected chi connectivity index (χ0v) is 44.0. The zero-order valence-electron chi connectivity index (χ0n) is 41.2. The van der Waals surface area contributed by atoms with Crippen molar-refractivity contribution in [3.8, 4) is 17.6 Å². The molecule has 1 heterocycles. The number of ether oxygens (including phenoxy) is 3. The molecule has 4 rings (SSSR count). The van der Waals surface area contributed by atoms with E-state index in [1.807, 2.05) is 51.9 Å². The van der Waals surface area contributed by atoms with Crippen molar-refractivity contribution < 1.29 is 37.0 Å². The van der Waals surface area contributed by atoms with Crippen LogP contribution in [0.5, 0.6) is 5.75 Å². The first-order valence-electron chi connectivity index (χ1n) is 22.5. The Kier molecular flexibility index (Phi) is 18.8. The van der Waals surface area contributed by atoms with Crippen molar-refractivity contribution >= 4 is 55.5 Å². The van der Waals surface area contributed by atoms with Crippen LogP contribution in [0.2, 0.25) is 23.2 Å². The monoisotopic (exact) mass is 945 g/mol. The molecular weight excluding hydrogens is 874 g/mol. The molecule has 0 aliphatic carbocycles. The highest BCUT2D eigenvalue weighted by molar-refractivity contribution is 7.16. The van der Waals surface area contributed by atoms with Gasteiger partial charge in [-0.05, 0) is 112 Å². The summed E-state index contributed by atoms with van der Waals surface area (Å²) in [5, 5.41) is 2.38. The van der Waals surface area contributed by atoms with Gasteiger partial charge in [-0.1, -0.05) is 114 Å². The molecule has 0 bridgehead atoms. The van der Waals surface area contributed by atoms with E-state index in [1.165, 1.54) is 39.8 Å². The van der Waals surface area contributed by atoms with E-state index in [-0.39, 0.29) is 40.8 Å². The molecule has 0 spiro atoms. The second kappa shape index (κ2) is 22.9. The Labute approximate surface area is 394 Å². The summed E-state index contributed by atoms with van der Waals surface area (Å²) in [6.45, 7) is 24.8. The Bertz CT molecular complexity index is 2180. The number of amides is 1. The number of hydrogen-bond acceptors (Lipinski definition) is 10. The number of nitrogens with zero attached hydrogens (tertiary/aromatic N) is 3. The first-order valence-corrected chi connectivity index (χ1v) is 28.1. The van der Waals surface area contributed by atoms with Gasteiger partial charge in [0.1, 0.15) is 5.60 Å². The van der Waals surface area contributed by atoms with Crippen molar-refractivity contribution in [2.24, 2.45) is 0 Å². The Balaban J connectivity index is 1.64. The van der Waals surface area contributed by atoms with Gasteiger partial charge < -0.3 is 23.1 Å². The van der Waals surface area contributed by atoms with Gasteiger partial charge in [0.15, 0.2) is 30.7 Å². The Hall–Kier alpha value is -4.37. The minimum Gasteiger partial charge on any atom is -0.491 e. The number of esters is 1. The van der Waals surface area contributed by atoms with Crippen molar-refractivity contribution in [1.82, 2.24) is 9.88 Å². The van der Waals surface area contributed by atoms with Crippen molar-refractivity contribution in [2.75, 3.05) is 52.4 Å². The molecule has 4 aromatic rings. The highest BCUT2D eigenvalue weighted by Gasteiger charge is 2.52. The first-order chi connectivity index (χ1) is 30.4. The number of carbonyl (C=O) groups is 2. The molecule has 3 aromatic carbocycles. The molecule has 0 saturated carbocycles. The molecule has 1 amide bonds. The number of carbonyl (C=O) groups excluding carboxylic acids is 2. The maximum absolute atomic E-state index is 14.9. The van der Waals surface area contributed by atoms with Crippen LogP contribution in [0.25, 0.3) is 0 Å². The molecule has 0 N–H and O–H groups in total. The molecule has 0 aliphatic rings. The van der Waals surface area contributed by atoms with Crippen LogP contribution in [0.15, 0.2) is 78.9 Å². The third-order valence-corrected chi connectivity index (χ3v) is 22.1. The molecular formula is C51H72FN3O7SSi2. The summed E-state index contributed by atoms with van der Waals surface area (Å²) in [6, 6.07) is 25.8. The van der Waals surface area contributed by atoms with Gasteiger partial charge in [-0.2, -0.15) is 0 Å². The highest BCUT2D eigenvalue weighted by Crippen LogP contribution is 2.40. The van der Waals surface area contributed by atoms with Crippen molar-refractivity contribution in [2.45, 2.75) is 123 Å². The number of anilines is 1. The predicted octanol–water partition coefficient (Wildman–Crippen LogP) is 10.5. The fourth-order valence-electron chi connectivity index (χ4n) is 6.99. The molecule has 0 radical (unpaired) electrons. The number of thiazole rings is 1. The standard InChI is InChI=1S/C51H72FN3O7SSi2/c1-49(2,3)61-48(57)55(47-53-45(46(56)58-12)44(63-47)30-23-35-59-43-32-31-38(36-42(43)52)24-21-33-54(10)11)34-22-25-39(37-60-64(13,14)50(4,5)6)62-65(51(7,8)9,40-26-17-15-18-27-40)41-28-19-16-20-29-41/h15-20,26-29,31-32,36,39H,22-23,25,30,33-35,37H2,1-14H3. The smallest absolute Gasteiger partial charge is 0.416 e. The Morgan fingerprint density at radius 1 is 0.862 bits per heavy atom. The second-order valence-electron chi connectivity index (χ2n) is 20.1. The number of methoxy groups -OCH3 is 1. The van der Waals surface area contributed by atoms with Crippen LogP contribution in [0.4, 0.5) is 14.3 Å². The van der Waals surface area contributed by atoms with E-state index in [1.54, 1.807) is 12.1 Å². The van der Waals surface area contributed by atoms with E-state index >= 15 is 0 Å². The Morgan fingerprint density at radius 2 is 1.48 bits per heavy atom. The van der Waals surface area contributed by atoms with Crippen molar-refractivity contribution in [3.05, 3.63) is 101 Å². The lowest BCUT2D eigenvalue weighted by Crippen LogP contribution is -2.68. The summed E-state index contributed by atoms with van der Waals surface area (Å²) < 4.78 is 46.5. The van der Waals surface area contributed by atoms with E-state index in [4.69, 9.17) is 28.0 Å². The van der Waals surface area contributed by atoms with Crippen molar-refractivity contribution in [1.29, 1.82) is 0 Å². The number of hydrogen-bond donors (Lipinski definition) is 0. The quantitative estimate of drug-likeness (QED) is 0.0394. The minimum absolute atomic E-state index is 0.0165. The van der Waals surface area contributed by atoms with E-state index in [0.717, 1.165) is 0 Å². The largest absolute Gasteiger partial charge is 0.491 e. The first kappa shape index (κ1) is 53.3. The molecule has 0 saturated heterocycles. The lowest BCUT2D eigenvalue weighted by atomic mass is 10.2. The molecule has 1 unspecified atom stereocenters. The van der Waals surface area contributed by atoms with Crippen LogP contribution >= 0.6 is 11.3 Å². The summed E-state index contributed by atoms with van der Waals surface area (Å²) >= 11 is 1.23. The fourth-order valence-corrected chi connectivity index (χ4v) is 13.8. The zero-order chi connectivity index (χ0) is 48.2. The average Bonchev–Trinajstić information content (AvgIpc) is 3.64. The molecule has 1 aromatic heterocycles. The summed E-state index contributed by atoms with van der Waals surface area (Å²) in [7, 11) is -0.0592. The van der Waals surface area contributed by atoms with Crippen LogP contribution in [0.3, 0.4) is 0 Å². The molecule has 10 nitrogen and oxygen atoms in total. The minimum atomic E-state index is -2.99. The number of rotatable bonds is 19. The summed E-state index contributed by atoms with van der Waals surface area (Å²) in [4.78, 5) is 36.0. The maximum Gasteiger partial charge on any atom is 0.416 e. The third kappa shape index (κ3) is 14.8. The second-order valence-corrected chi connectivity index (χ2v) is 30.3. The number of aryl methyl sites for hydroxylation is 1. The van der Waals surface area contributed by atoms with E-state index in [0.29, 0.717) is 54.4 Å². The van der Waals surface area contributed by atoms with E-state index < -0.39 is 40.1 Å². The van der Waals surface area contributed by atoms with Gasteiger partial charge in [0.2, 0.25) is 0 Å². The van der Waals surface area contributed by atoms with Gasteiger partial charge >= 0.3 is 12.1 Å². The normalized spacial score (nSPS) is 12.9. The van der Waals surface area contributed by atoms with Crippen LogP contribution in [-0.2, 0) is 24.7 Å². The lowest BCUT2D eigenvalue weighted by Gasteiger charge is -2.46. The number of halogens is 1. The third-order valence-electron chi connectivity index (χ3n) is 11.4. The lowest BCUT2D eigenvalue weighted by molar-refractivity contribution is 0.0566. The molecule has 14 heteroatoms. The van der Waals surface area contributed by atoms with Gasteiger partial charge in [-0.3, -0.25) is 9.80 Å². The van der Waals surface area contributed by atoms with Crippen molar-refractivity contribution in [3.63, 3.8) is 0 Å². The number of aromatic nitrogens is 1. The van der Waals surface area contributed by atoms with Gasteiger partial charge in [-0.15, -0.1) is 11.3 Å². The molecule has 0 aliphatic heterocycles. The van der Waals surface area contributed by atoms with Crippen LogP contribution < -0.4 is 20.0 Å². The van der Waals surface area contributed by atoms with Gasteiger partial charge in [0.25, 0.3) is 8.32 Å². The van der Waals surface area contributed by atoms with Crippen LogP contribution in [-0.4, -0.2) is 97.8 Å².